The lowest BCUT2D eigenvalue weighted by molar-refractivity contribution is 0.0855. The molecule has 1 N–H and O–H groups in total. The van der Waals surface area contributed by atoms with Crippen molar-refractivity contribution >= 4 is 11.8 Å². The van der Waals surface area contributed by atoms with Crippen LogP contribution in [0.25, 0.3) is 0 Å². The average Bonchev–Trinajstić information content (AvgIpc) is 3.24. The van der Waals surface area contributed by atoms with Crippen LogP contribution in [0.5, 0.6) is 0 Å². The van der Waals surface area contributed by atoms with Gasteiger partial charge in [-0.3, -0.25) is 0 Å². The molecule has 1 aliphatic carbocycles. The van der Waals surface area contributed by atoms with Crippen LogP contribution < -0.4 is 5.32 Å². The lowest BCUT2D eigenvalue weighted by Crippen LogP contribution is -2.44. The number of fused-ring (bicyclic) bond motifs is 3. The number of para-hydroxylation sites is 1. The Hall–Kier alpha value is -3.08. The summed E-state index contributed by atoms with van der Waals surface area (Å²) in [7, 11) is 0. The molecule has 2 aromatic carbocycles. The van der Waals surface area contributed by atoms with Crippen LogP contribution in [-0.2, 0) is 11.3 Å². The number of nitrogens with one attached hydrogen (secondary N) is 1. The Balaban J connectivity index is 1.39. The molecule has 2 aliphatic heterocycles. The lowest BCUT2D eigenvalue weighted by Gasteiger charge is -2.42. The van der Waals surface area contributed by atoms with Crippen LogP contribution in [0.15, 0.2) is 78.7 Å². The summed E-state index contributed by atoms with van der Waals surface area (Å²) in [5, 5.41) is 3.69. The van der Waals surface area contributed by atoms with Crippen molar-refractivity contribution in [3.05, 3.63) is 89.8 Å². The minimum absolute atomic E-state index is 0.0279. The molecule has 0 radical (unpaired) electrons. The molecule has 2 aromatic rings. The topological polar surface area (TPSA) is 41.6 Å². The van der Waals surface area contributed by atoms with Crippen molar-refractivity contribution in [2.75, 3.05) is 11.9 Å². The van der Waals surface area contributed by atoms with E-state index < -0.39 is 0 Å². The fourth-order valence-corrected chi connectivity index (χ4v) is 5.07. The Morgan fingerprint density at radius 1 is 1.13 bits per heavy atom. The van der Waals surface area contributed by atoms with Crippen LogP contribution in [0.3, 0.4) is 0 Å². The van der Waals surface area contributed by atoms with Crippen LogP contribution in [0.1, 0.15) is 30.0 Å². The summed E-state index contributed by atoms with van der Waals surface area (Å²) in [4.78, 5) is 14.9. The molecule has 2 heterocycles. The molecular formula is C25H25FN2O2. The highest BCUT2D eigenvalue weighted by molar-refractivity contribution is 5.71. The summed E-state index contributed by atoms with van der Waals surface area (Å²) < 4.78 is 19.2. The number of rotatable bonds is 3. The second-order valence-corrected chi connectivity index (χ2v) is 8.24. The number of hydrogen-bond acceptors (Lipinski definition) is 3. The molecule has 3 aliphatic rings. The highest BCUT2D eigenvalue weighted by Gasteiger charge is 2.48. The number of hydrogen-bond donors (Lipinski definition) is 1. The van der Waals surface area contributed by atoms with E-state index in [1.807, 2.05) is 53.4 Å². The first kappa shape index (κ1) is 18.9. The second kappa shape index (κ2) is 7.98. The van der Waals surface area contributed by atoms with Crippen molar-refractivity contribution in [2.24, 2.45) is 11.8 Å². The van der Waals surface area contributed by atoms with Gasteiger partial charge in [-0.25, -0.2) is 9.18 Å². The molecule has 5 rings (SSSR count). The van der Waals surface area contributed by atoms with Crippen molar-refractivity contribution in [2.45, 2.75) is 31.5 Å². The quantitative estimate of drug-likeness (QED) is 0.723. The van der Waals surface area contributed by atoms with Gasteiger partial charge >= 0.3 is 6.09 Å². The molecule has 30 heavy (non-hydrogen) atoms. The summed E-state index contributed by atoms with van der Waals surface area (Å²) >= 11 is 0. The van der Waals surface area contributed by atoms with Gasteiger partial charge in [-0.05, 0) is 42.2 Å². The van der Waals surface area contributed by atoms with Gasteiger partial charge in [-0.15, -0.1) is 0 Å². The van der Waals surface area contributed by atoms with Gasteiger partial charge in [0.1, 0.15) is 12.4 Å². The Morgan fingerprint density at radius 2 is 1.93 bits per heavy atom. The molecule has 1 fully saturated rings. The zero-order chi connectivity index (χ0) is 20.5. The minimum Gasteiger partial charge on any atom is -0.445 e. The number of ether oxygens (including phenoxy) is 1. The van der Waals surface area contributed by atoms with Gasteiger partial charge in [0.15, 0.2) is 0 Å². The van der Waals surface area contributed by atoms with Crippen molar-refractivity contribution < 1.29 is 13.9 Å². The highest BCUT2D eigenvalue weighted by Crippen LogP contribution is 2.49. The smallest absolute Gasteiger partial charge is 0.410 e. The number of halogens is 1. The van der Waals surface area contributed by atoms with Crippen LogP contribution in [0, 0.1) is 11.8 Å². The molecule has 1 unspecified atom stereocenters. The Labute approximate surface area is 176 Å². The Bertz CT molecular complexity index is 988. The van der Waals surface area contributed by atoms with Gasteiger partial charge in [-0.1, -0.05) is 54.6 Å². The molecule has 0 aromatic heterocycles. The fraction of sp³-hybridized carbons (Fsp3) is 0.320. The number of carbonyl (C=O) groups is 1. The lowest BCUT2D eigenvalue weighted by atomic mass is 9.75. The first-order chi connectivity index (χ1) is 14.7. The average molecular weight is 404 g/mol. The molecule has 0 spiro atoms. The van der Waals surface area contributed by atoms with E-state index in [0.717, 1.165) is 23.2 Å². The van der Waals surface area contributed by atoms with E-state index in [1.54, 1.807) is 12.2 Å². The number of likely N-dealkylation sites (tertiary alicyclic amines) is 1. The first-order valence-electron chi connectivity index (χ1n) is 10.6. The normalized spacial score (nSPS) is 27.0. The first-order valence-corrected chi connectivity index (χ1v) is 10.6. The number of carbonyl (C=O) groups excluding carboxylic acids is 1. The third kappa shape index (κ3) is 3.49. The standard InChI is InChI=1S/C25H25FN2O2/c26-19-12-10-18(11-13-19)23-21-14-15-28(24(21)20-8-4-5-9-22(20)27-23)25(29)30-16-17-6-2-1-3-7-17/h1-10,12-13,18,21,23-24,27H,11,14-16H2/t18?,21-,23+,24+/m1/s1. The van der Waals surface area contributed by atoms with E-state index >= 15 is 0 Å². The number of nitrogens with zero attached hydrogens (tertiary/aromatic N) is 1. The summed E-state index contributed by atoms with van der Waals surface area (Å²) in [6.45, 7) is 0.933. The summed E-state index contributed by atoms with van der Waals surface area (Å²) in [5.41, 5.74) is 3.16. The van der Waals surface area contributed by atoms with Crippen molar-refractivity contribution in [3.8, 4) is 0 Å². The van der Waals surface area contributed by atoms with Crippen molar-refractivity contribution in [3.63, 3.8) is 0 Å². The van der Waals surface area contributed by atoms with E-state index in [1.165, 1.54) is 0 Å². The van der Waals surface area contributed by atoms with E-state index in [0.29, 0.717) is 13.0 Å². The number of amides is 1. The van der Waals surface area contributed by atoms with Gasteiger partial charge in [0.2, 0.25) is 0 Å². The van der Waals surface area contributed by atoms with E-state index in [-0.39, 0.29) is 42.4 Å². The third-order valence-electron chi connectivity index (χ3n) is 6.50. The fourth-order valence-electron chi connectivity index (χ4n) is 5.07. The molecule has 154 valence electrons. The maximum atomic E-state index is 13.5. The van der Waals surface area contributed by atoms with Crippen molar-refractivity contribution in [1.29, 1.82) is 0 Å². The van der Waals surface area contributed by atoms with Crippen LogP contribution in [0.4, 0.5) is 14.9 Å². The van der Waals surface area contributed by atoms with Crippen LogP contribution in [-0.4, -0.2) is 23.6 Å². The largest absolute Gasteiger partial charge is 0.445 e. The summed E-state index contributed by atoms with van der Waals surface area (Å²) in [6.07, 6.45) is 6.48. The van der Waals surface area contributed by atoms with E-state index in [4.69, 9.17) is 4.74 Å². The maximum absolute atomic E-state index is 13.5. The SMILES string of the molecule is O=C(OCc1ccccc1)N1CC[C@@H]2[C@H](C3C=CC(F)=CC3)Nc3ccccc3[C@@H]21. The van der Waals surface area contributed by atoms with Gasteiger partial charge < -0.3 is 15.0 Å². The Kier molecular flexibility index (Phi) is 5.03. The van der Waals surface area contributed by atoms with Crippen LogP contribution >= 0.6 is 0 Å². The Morgan fingerprint density at radius 3 is 2.73 bits per heavy atom. The van der Waals surface area contributed by atoms with Gasteiger partial charge in [-0.2, -0.15) is 0 Å². The summed E-state index contributed by atoms with van der Waals surface area (Å²) in [5.74, 6) is 0.288. The van der Waals surface area contributed by atoms with Gasteiger partial charge in [0, 0.05) is 30.1 Å². The van der Waals surface area contributed by atoms with Gasteiger partial charge in [0.05, 0.1) is 6.04 Å². The van der Waals surface area contributed by atoms with Crippen molar-refractivity contribution in [1.82, 2.24) is 4.90 Å². The molecule has 0 bridgehead atoms. The summed E-state index contributed by atoms with van der Waals surface area (Å²) in [6, 6.07) is 18.0. The zero-order valence-corrected chi connectivity index (χ0v) is 16.7. The third-order valence-corrected chi connectivity index (χ3v) is 6.50. The van der Waals surface area contributed by atoms with Crippen LogP contribution in [0.2, 0.25) is 0 Å². The molecule has 4 nitrogen and oxygen atoms in total. The number of benzene rings is 2. The number of allylic oxidation sites excluding steroid dienone is 3. The predicted octanol–water partition coefficient (Wildman–Crippen LogP) is 5.61. The van der Waals surface area contributed by atoms with Gasteiger partial charge in [0.25, 0.3) is 0 Å². The zero-order valence-electron chi connectivity index (χ0n) is 16.7. The highest BCUT2D eigenvalue weighted by atomic mass is 19.1. The minimum atomic E-state index is -0.271. The molecule has 0 saturated carbocycles. The predicted molar refractivity (Wildman–Crippen MR) is 114 cm³/mol. The second-order valence-electron chi connectivity index (χ2n) is 8.24. The molecule has 1 saturated heterocycles. The maximum Gasteiger partial charge on any atom is 0.410 e. The molecule has 4 atom stereocenters. The monoisotopic (exact) mass is 404 g/mol. The number of anilines is 1. The molecule has 1 amide bonds. The molecular weight excluding hydrogens is 379 g/mol. The molecule has 5 heteroatoms. The van der Waals surface area contributed by atoms with E-state index in [9.17, 15) is 9.18 Å². The van der Waals surface area contributed by atoms with E-state index in [2.05, 4.69) is 17.4 Å².